The summed E-state index contributed by atoms with van der Waals surface area (Å²) < 4.78 is 19.0. The van der Waals surface area contributed by atoms with Gasteiger partial charge in [-0.25, -0.2) is 14.6 Å². The highest BCUT2D eigenvalue weighted by Gasteiger charge is 2.04. The van der Waals surface area contributed by atoms with E-state index in [4.69, 9.17) is 4.74 Å². The average molecular weight is 377 g/mol. The maximum Gasteiger partial charge on any atom is 0.339 e. The molecule has 0 bridgehead atoms. The molecule has 6 heteroatoms. The second kappa shape index (κ2) is 9.32. The lowest BCUT2D eigenvalue weighted by molar-refractivity contribution is 0.252. The number of para-hydroxylation sites is 2. The van der Waals surface area contributed by atoms with Crippen molar-refractivity contribution in [3.63, 3.8) is 0 Å². The smallest absolute Gasteiger partial charge is 0.339 e. The normalized spacial score (nSPS) is 10.6. The van der Waals surface area contributed by atoms with E-state index >= 15 is 0 Å². The molecular weight excluding hydrogens is 357 g/mol. The minimum atomic E-state index is -0.441. The maximum absolute atomic E-state index is 13.3. The number of carbonyl (C=O) groups excluding carboxylic acids is 1. The van der Waals surface area contributed by atoms with E-state index in [1.807, 2.05) is 49.4 Å². The molecule has 2 N–H and O–H groups in total. The molecule has 0 aliphatic heterocycles. The first kappa shape index (κ1) is 19.1. The molecule has 0 atom stereocenters. The topological polar surface area (TPSA) is 62.7 Å². The van der Waals surface area contributed by atoms with Crippen LogP contribution in [0.15, 0.2) is 77.9 Å². The van der Waals surface area contributed by atoms with Gasteiger partial charge in [-0.3, -0.25) is 0 Å². The number of urea groups is 1. The van der Waals surface area contributed by atoms with Crippen LogP contribution in [0.25, 0.3) is 0 Å². The molecule has 0 aliphatic carbocycles. The summed E-state index contributed by atoms with van der Waals surface area (Å²) in [5.41, 5.74) is 5.52. The third-order valence-electron chi connectivity index (χ3n) is 3.97. The van der Waals surface area contributed by atoms with E-state index in [9.17, 15) is 9.18 Å². The van der Waals surface area contributed by atoms with Crippen molar-refractivity contribution in [1.82, 2.24) is 5.43 Å². The number of aryl methyl sites for hydroxylation is 1. The molecule has 28 heavy (non-hydrogen) atoms. The van der Waals surface area contributed by atoms with Crippen LogP contribution in [0.1, 0.15) is 16.7 Å². The zero-order valence-electron chi connectivity index (χ0n) is 15.4. The number of nitrogens with one attached hydrogen (secondary N) is 2. The van der Waals surface area contributed by atoms with Crippen LogP contribution in [-0.4, -0.2) is 12.2 Å². The molecule has 3 aromatic carbocycles. The molecule has 0 heterocycles. The number of hydrazone groups is 1. The van der Waals surface area contributed by atoms with E-state index in [2.05, 4.69) is 15.8 Å². The largest absolute Gasteiger partial charge is 0.488 e. The van der Waals surface area contributed by atoms with Crippen molar-refractivity contribution in [2.75, 3.05) is 5.32 Å². The Bertz CT molecular complexity index is 989. The molecule has 0 aromatic heterocycles. The molecule has 0 saturated heterocycles. The van der Waals surface area contributed by atoms with Crippen LogP contribution < -0.4 is 15.5 Å². The minimum absolute atomic E-state index is 0.226. The minimum Gasteiger partial charge on any atom is -0.488 e. The van der Waals surface area contributed by atoms with Gasteiger partial charge in [-0.2, -0.15) is 5.10 Å². The number of hydrogen-bond donors (Lipinski definition) is 2. The van der Waals surface area contributed by atoms with Crippen LogP contribution in [0.4, 0.5) is 14.9 Å². The zero-order valence-corrected chi connectivity index (χ0v) is 15.4. The molecule has 0 fully saturated rings. The van der Waals surface area contributed by atoms with E-state index < -0.39 is 6.03 Å². The van der Waals surface area contributed by atoms with Gasteiger partial charge in [0, 0.05) is 11.3 Å². The van der Waals surface area contributed by atoms with Crippen LogP contribution in [0, 0.1) is 12.7 Å². The number of halogens is 1. The van der Waals surface area contributed by atoms with Crippen LogP contribution in [0.5, 0.6) is 5.75 Å². The van der Waals surface area contributed by atoms with Gasteiger partial charge in [0.25, 0.3) is 0 Å². The summed E-state index contributed by atoms with van der Waals surface area (Å²) in [5.74, 6) is 0.274. The van der Waals surface area contributed by atoms with Crippen LogP contribution in [-0.2, 0) is 6.61 Å². The fourth-order valence-electron chi connectivity index (χ4n) is 2.53. The summed E-state index contributed by atoms with van der Waals surface area (Å²) in [6.07, 6.45) is 1.50. The number of ether oxygens (including phenoxy) is 1. The molecule has 0 aliphatic rings. The van der Waals surface area contributed by atoms with Crippen molar-refractivity contribution >= 4 is 17.9 Å². The van der Waals surface area contributed by atoms with Crippen molar-refractivity contribution in [3.05, 3.63) is 95.3 Å². The molecule has 3 rings (SSSR count). The second-order valence-corrected chi connectivity index (χ2v) is 6.10. The highest BCUT2D eigenvalue weighted by atomic mass is 19.1. The molecule has 0 saturated carbocycles. The Morgan fingerprint density at radius 3 is 2.68 bits per heavy atom. The van der Waals surface area contributed by atoms with Gasteiger partial charge in [0.05, 0.1) is 6.21 Å². The number of hydrogen-bond acceptors (Lipinski definition) is 3. The van der Waals surface area contributed by atoms with E-state index in [1.54, 1.807) is 18.2 Å². The molecule has 0 radical (unpaired) electrons. The number of anilines is 1. The van der Waals surface area contributed by atoms with E-state index in [1.165, 1.54) is 18.3 Å². The number of amides is 2. The fraction of sp³-hybridized carbons (Fsp3) is 0.0909. The van der Waals surface area contributed by atoms with Gasteiger partial charge >= 0.3 is 6.03 Å². The van der Waals surface area contributed by atoms with Gasteiger partial charge in [-0.1, -0.05) is 42.5 Å². The van der Waals surface area contributed by atoms with Crippen molar-refractivity contribution in [1.29, 1.82) is 0 Å². The number of carbonyl (C=O) groups is 1. The first-order chi connectivity index (χ1) is 13.6. The van der Waals surface area contributed by atoms with Crippen molar-refractivity contribution in [2.24, 2.45) is 5.10 Å². The molecular formula is C22H20FN3O2. The molecule has 2 amide bonds. The van der Waals surface area contributed by atoms with E-state index in [-0.39, 0.29) is 12.4 Å². The fourth-order valence-corrected chi connectivity index (χ4v) is 2.53. The Hall–Kier alpha value is -3.67. The Morgan fingerprint density at radius 1 is 1.07 bits per heavy atom. The molecule has 0 spiro atoms. The molecule has 3 aromatic rings. The van der Waals surface area contributed by atoms with Gasteiger partial charge in [-0.15, -0.1) is 0 Å². The summed E-state index contributed by atoms with van der Waals surface area (Å²) in [6.45, 7) is 2.13. The first-order valence-electron chi connectivity index (χ1n) is 8.74. The van der Waals surface area contributed by atoms with Gasteiger partial charge in [-0.05, 0) is 48.4 Å². The summed E-state index contributed by atoms with van der Waals surface area (Å²) in [4.78, 5) is 12.0. The summed E-state index contributed by atoms with van der Waals surface area (Å²) in [6, 6.07) is 20.5. The van der Waals surface area contributed by atoms with Crippen LogP contribution in [0.2, 0.25) is 0 Å². The molecule has 0 unspecified atom stereocenters. The van der Waals surface area contributed by atoms with Gasteiger partial charge in [0.2, 0.25) is 0 Å². The quantitative estimate of drug-likeness (QED) is 0.476. The summed E-state index contributed by atoms with van der Waals surface area (Å²) in [7, 11) is 0. The number of benzene rings is 3. The molecule has 142 valence electrons. The first-order valence-corrected chi connectivity index (χ1v) is 8.74. The SMILES string of the molecule is Cc1ccccc1NC(=O)NN=Cc1ccccc1OCc1cccc(F)c1. The van der Waals surface area contributed by atoms with Gasteiger partial charge in [0.1, 0.15) is 18.2 Å². The van der Waals surface area contributed by atoms with Crippen molar-refractivity contribution in [3.8, 4) is 5.75 Å². The van der Waals surface area contributed by atoms with Crippen LogP contribution in [0.3, 0.4) is 0 Å². The maximum atomic E-state index is 13.3. The summed E-state index contributed by atoms with van der Waals surface area (Å²) >= 11 is 0. The second-order valence-electron chi connectivity index (χ2n) is 6.10. The van der Waals surface area contributed by atoms with Crippen LogP contribution >= 0.6 is 0 Å². The number of rotatable bonds is 6. The Kier molecular flexibility index (Phi) is 6.36. The van der Waals surface area contributed by atoms with E-state index in [0.29, 0.717) is 17.0 Å². The number of nitrogens with zero attached hydrogens (tertiary/aromatic N) is 1. The predicted molar refractivity (Wildman–Crippen MR) is 108 cm³/mol. The van der Waals surface area contributed by atoms with Gasteiger partial charge in [0.15, 0.2) is 0 Å². The lowest BCUT2D eigenvalue weighted by Gasteiger charge is -2.09. The molecule has 5 nitrogen and oxygen atoms in total. The third-order valence-corrected chi connectivity index (χ3v) is 3.97. The zero-order chi connectivity index (χ0) is 19.8. The lowest BCUT2D eigenvalue weighted by Crippen LogP contribution is -2.24. The standard InChI is InChI=1S/C22H20FN3O2/c1-16-7-2-4-11-20(16)25-22(27)26-24-14-18-9-3-5-12-21(18)28-15-17-8-6-10-19(23)13-17/h2-14H,15H2,1H3,(H2,25,26,27). The summed E-state index contributed by atoms with van der Waals surface area (Å²) in [5, 5.41) is 6.70. The lowest BCUT2D eigenvalue weighted by atomic mass is 10.2. The third kappa shape index (κ3) is 5.41. The monoisotopic (exact) mass is 377 g/mol. The Morgan fingerprint density at radius 2 is 1.86 bits per heavy atom. The Balaban J connectivity index is 1.59. The van der Waals surface area contributed by atoms with Gasteiger partial charge < -0.3 is 10.1 Å². The highest BCUT2D eigenvalue weighted by Crippen LogP contribution is 2.18. The average Bonchev–Trinajstić information content (AvgIpc) is 2.69. The Labute approximate surface area is 162 Å². The predicted octanol–water partition coefficient (Wildman–Crippen LogP) is 4.87. The van der Waals surface area contributed by atoms with E-state index in [0.717, 1.165) is 11.1 Å². The van der Waals surface area contributed by atoms with Crippen molar-refractivity contribution in [2.45, 2.75) is 13.5 Å². The van der Waals surface area contributed by atoms with Crippen molar-refractivity contribution < 1.29 is 13.9 Å². The highest BCUT2D eigenvalue weighted by molar-refractivity contribution is 5.91.